The van der Waals surface area contributed by atoms with E-state index >= 15 is 0 Å². The second-order valence-corrected chi connectivity index (χ2v) is 8.68. The fourth-order valence-electron chi connectivity index (χ4n) is 4.53. The van der Waals surface area contributed by atoms with Crippen LogP contribution < -0.4 is 9.47 Å². The Morgan fingerprint density at radius 2 is 1.81 bits per heavy atom. The number of fused-ring (bicyclic) bond motifs is 2. The monoisotopic (exact) mass is 484 g/mol. The molecule has 3 aromatic carbocycles. The van der Waals surface area contributed by atoms with Crippen molar-refractivity contribution in [3.8, 4) is 22.8 Å². The number of carboxylic acids is 1. The SMILES string of the molecule is CCCc1c(OCCCOc2cccc3[nH]cc(CC(=O)O)c23)ccc2c(-c3ccccc3)noc12. The van der Waals surface area contributed by atoms with E-state index in [1.54, 1.807) is 6.20 Å². The number of nitrogens with one attached hydrogen (secondary N) is 1. The van der Waals surface area contributed by atoms with Gasteiger partial charge in [0.1, 0.15) is 17.2 Å². The third-order valence-corrected chi connectivity index (χ3v) is 6.14. The Bertz CT molecular complexity index is 1490. The van der Waals surface area contributed by atoms with E-state index in [9.17, 15) is 9.90 Å². The number of hydrogen-bond donors (Lipinski definition) is 2. The van der Waals surface area contributed by atoms with Crippen molar-refractivity contribution >= 4 is 27.8 Å². The second-order valence-electron chi connectivity index (χ2n) is 8.68. The number of carboxylic acid groups (broad SMARTS) is 1. The predicted octanol–water partition coefficient (Wildman–Crippen LogP) is 6.40. The summed E-state index contributed by atoms with van der Waals surface area (Å²) in [4.78, 5) is 14.3. The van der Waals surface area contributed by atoms with Crippen molar-refractivity contribution in [1.29, 1.82) is 0 Å². The molecule has 0 unspecified atom stereocenters. The van der Waals surface area contributed by atoms with E-state index in [-0.39, 0.29) is 6.42 Å². The Morgan fingerprint density at radius 1 is 1.00 bits per heavy atom. The second kappa shape index (κ2) is 10.6. The van der Waals surface area contributed by atoms with Gasteiger partial charge < -0.3 is 24.1 Å². The molecule has 36 heavy (non-hydrogen) atoms. The highest BCUT2D eigenvalue weighted by molar-refractivity contribution is 5.94. The average molecular weight is 485 g/mol. The molecule has 0 aliphatic rings. The molecule has 5 rings (SSSR count). The van der Waals surface area contributed by atoms with E-state index in [4.69, 9.17) is 14.0 Å². The number of aromatic amines is 1. The summed E-state index contributed by atoms with van der Waals surface area (Å²) in [5.74, 6) is 0.603. The lowest BCUT2D eigenvalue weighted by atomic mass is 10.0. The Kier molecular flexibility index (Phi) is 6.89. The molecule has 0 fully saturated rings. The average Bonchev–Trinajstić information content (AvgIpc) is 3.50. The van der Waals surface area contributed by atoms with Crippen LogP contribution >= 0.6 is 0 Å². The Labute approximate surface area is 208 Å². The van der Waals surface area contributed by atoms with Crippen molar-refractivity contribution < 1.29 is 23.9 Å². The molecular formula is C29H28N2O5. The Balaban J connectivity index is 1.26. The van der Waals surface area contributed by atoms with Crippen LogP contribution in [-0.4, -0.2) is 34.4 Å². The molecule has 0 aliphatic heterocycles. The molecule has 5 aromatic rings. The first-order valence-corrected chi connectivity index (χ1v) is 12.2. The lowest BCUT2D eigenvalue weighted by molar-refractivity contribution is -0.136. The number of aromatic nitrogens is 2. The van der Waals surface area contributed by atoms with Gasteiger partial charge in [-0.05, 0) is 36.2 Å². The molecule has 0 saturated heterocycles. The van der Waals surface area contributed by atoms with E-state index in [0.717, 1.165) is 57.3 Å². The van der Waals surface area contributed by atoms with E-state index < -0.39 is 5.97 Å². The van der Waals surface area contributed by atoms with Gasteiger partial charge in [-0.3, -0.25) is 4.79 Å². The third kappa shape index (κ3) is 4.77. The summed E-state index contributed by atoms with van der Waals surface area (Å²) in [6, 6.07) is 19.7. The first kappa shape index (κ1) is 23.5. The summed E-state index contributed by atoms with van der Waals surface area (Å²) < 4.78 is 18.0. The van der Waals surface area contributed by atoms with Crippen molar-refractivity contribution in [2.45, 2.75) is 32.6 Å². The van der Waals surface area contributed by atoms with Crippen molar-refractivity contribution in [2.75, 3.05) is 13.2 Å². The number of nitrogens with zero attached hydrogens (tertiary/aromatic N) is 1. The maximum atomic E-state index is 11.2. The van der Waals surface area contributed by atoms with E-state index in [1.165, 1.54) is 0 Å². The fourth-order valence-corrected chi connectivity index (χ4v) is 4.53. The number of aliphatic carboxylic acids is 1. The standard InChI is InChI=1S/C29H28N2O5/c1-2-8-21-24(14-13-22-28(31-36-29(21)22)19-9-4-3-5-10-19)34-15-7-16-35-25-12-6-11-23-27(25)20(18-30-23)17-26(32)33/h3-6,9-14,18,30H,2,7-8,15-17H2,1H3,(H,32,33). The number of aryl methyl sites for hydroxylation is 1. The summed E-state index contributed by atoms with van der Waals surface area (Å²) in [6.45, 7) is 3.06. The summed E-state index contributed by atoms with van der Waals surface area (Å²) in [5.41, 5.74) is 5.23. The van der Waals surface area contributed by atoms with Crippen LogP contribution in [0.3, 0.4) is 0 Å². The van der Waals surface area contributed by atoms with Gasteiger partial charge in [0.25, 0.3) is 0 Å². The van der Waals surface area contributed by atoms with Gasteiger partial charge in [0.2, 0.25) is 0 Å². The molecule has 2 aromatic heterocycles. The molecule has 0 aliphatic carbocycles. The molecule has 2 heterocycles. The highest BCUT2D eigenvalue weighted by atomic mass is 16.5. The topological polar surface area (TPSA) is 97.6 Å². The van der Waals surface area contributed by atoms with Gasteiger partial charge in [0, 0.05) is 34.6 Å². The molecule has 0 spiro atoms. The number of hydrogen-bond acceptors (Lipinski definition) is 5. The lowest BCUT2D eigenvalue weighted by Gasteiger charge is -2.12. The smallest absolute Gasteiger partial charge is 0.307 e. The van der Waals surface area contributed by atoms with Crippen LogP contribution in [0.2, 0.25) is 0 Å². The lowest BCUT2D eigenvalue weighted by Crippen LogP contribution is -2.07. The van der Waals surface area contributed by atoms with Crippen molar-refractivity contribution in [1.82, 2.24) is 10.1 Å². The molecule has 0 radical (unpaired) electrons. The van der Waals surface area contributed by atoms with Crippen LogP contribution in [-0.2, 0) is 17.6 Å². The first-order chi connectivity index (χ1) is 17.7. The van der Waals surface area contributed by atoms with E-state index in [0.29, 0.717) is 30.9 Å². The number of H-pyrrole nitrogens is 1. The van der Waals surface area contributed by atoms with Gasteiger partial charge >= 0.3 is 5.97 Å². The molecule has 184 valence electrons. The molecular weight excluding hydrogens is 456 g/mol. The zero-order chi connectivity index (χ0) is 24.9. The van der Waals surface area contributed by atoms with Gasteiger partial charge in [-0.15, -0.1) is 0 Å². The Morgan fingerprint density at radius 3 is 2.58 bits per heavy atom. The summed E-state index contributed by atoms with van der Waals surface area (Å²) in [5, 5.41) is 15.3. The number of benzene rings is 3. The van der Waals surface area contributed by atoms with Gasteiger partial charge in [-0.1, -0.05) is 54.9 Å². The quantitative estimate of drug-likeness (QED) is 0.210. The van der Waals surface area contributed by atoms with Gasteiger partial charge in [0.05, 0.1) is 25.0 Å². The van der Waals surface area contributed by atoms with Crippen LogP contribution in [0.25, 0.3) is 33.1 Å². The minimum absolute atomic E-state index is 0.0558. The van der Waals surface area contributed by atoms with Crippen LogP contribution in [0.1, 0.15) is 30.9 Å². The zero-order valence-corrected chi connectivity index (χ0v) is 20.1. The predicted molar refractivity (Wildman–Crippen MR) is 139 cm³/mol. The fraction of sp³-hybridized carbons (Fsp3) is 0.241. The van der Waals surface area contributed by atoms with Crippen LogP contribution in [0.4, 0.5) is 0 Å². The van der Waals surface area contributed by atoms with Crippen molar-refractivity contribution in [2.24, 2.45) is 0 Å². The molecule has 0 atom stereocenters. The Hall–Kier alpha value is -4.26. The first-order valence-electron chi connectivity index (χ1n) is 12.2. The van der Waals surface area contributed by atoms with Gasteiger partial charge in [0.15, 0.2) is 5.58 Å². The normalized spacial score (nSPS) is 11.2. The molecule has 2 N–H and O–H groups in total. The highest BCUT2D eigenvalue weighted by Crippen LogP contribution is 2.35. The number of ether oxygens (including phenoxy) is 2. The number of carbonyl (C=O) groups is 1. The maximum absolute atomic E-state index is 11.2. The molecule has 0 amide bonds. The van der Waals surface area contributed by atoms with Crippen molar-refractivity contribution in [3.05, 3.63) is 78.0 Å². The van der Waals surface area contributed by atoms with Gasteiger partial charge in [-0.2, -0.15) is 0 Å². The zero-order valence-electron chi connectivity index (χ0n) is 20.1. The van der Waals surface area contributed by atoms with Crippen LogP contribution in [0.15, 0.2) is 71.4 Å². The van der Waals surface area contributed by atoms with Crippen molar-refractivity contribution in [3.63, 3.8) is 0 Å². The van der Waals surface area contributed by atoms with E-state index in [2.05, 4.69) is 17.1 Å². The number of rotatable bonds is 11. The maximum Gasteiger partial charge on any atom is 0.307 e. The van der Waals surface area contributed by atoms with Crippen LogP contribution in [0, 0.1) is 0 Å². The molecule has 0 saturated carbocycles. The van der Waals surface area contributed by atoms with E-state index in [1.807, 2.05) is 60.7 Å². The minimum Gasteiger partial charge on any atom is -0.493 e. The van der Waals surface area contributed by atoms with Crippen LogP contribution in [0.5, 0.6) is 11.5 Å². The highest BCUT2D eigenvalue weighted by Gasteiger charge is 2.17. The summed E-state index contributed by atoms with van der Waals surface area (Å²) in [6.07, 6.45) is 4.13. The van der Waals surface area contributed by atoms with Gasteiger partial charge in [-0.25, -0.2) is 0 Å². The third-order valence-electron chi connectivity index (χ3n) is 6.14. The molecule has 7 heteroatoms. The summed E-state index contributed by atoms with van der Waals surface area (Å²) >= 11 is 0. The minimum atomic E-state index is -0.874. The molecule has 7 nitrogen and oxygen atoms in total. The summed E-state index contributed by atoms with van der Waals surface area (Å²) in [7, 11) is 0. The largest absolute Gasteiger partial charge is 0.493 e. The molecule has 0 bridgehead atoms.